The third-order valence-electron chi connectivity index (χ3n) is 4.04. The highest BCUT2D eigenvalue weighted by atomic mass is 35.5. The van der Waals surface area contributed by atoms with Crippen molar-refractivity contribution in [1.29, 1.82) is 0 Å². The van der Waals surface area contributed by atoms with Crippen molar-refractivity contribution in [3.8, 4) is 17.1 Å². The van der Waals surface area contributed by atoms with Crippen LogP contribution in [0.3, 0.4) is 0 Å². The molecule has 4 rings (SSSR count). The lowest BCUT2D eigenvalue weighted by molar-refractivity contribution is 0.0945. The van der Waals surface area contributed by atoms with Gasteiger partial charge in [-0.05, 0) is 36.4 Å². The van der Waals surface area contributed by atoms with Gasteiger partial charge in [0.2, 0.25) is 5.56 Å². The molecule has 0 radical (unpaired) electrons. The van der Waals surface area contributed by atoms with Crippen LogP contribution < -0.4 is 10.9 Å². The molecule has 3 aromatic heterocycles. The summed E-state index contributed by atoms with van der Waals surface area (Å²) in [6.07, 6.45) is 1.55. The fourth-order valence-corrected chi connectivity index (χ4v) is 2.94. The molecular weight excluding hydrogens is 380 g/mol. The predicted molar refractivity (Wildman–Crippen MR) is 105 cm³/mol. The molecule has 4 aromatic rings. The molecule has 1 aromatic carbocycles. The van der Waals surface area contributed by atoms with Crippen LogP contribution in [-0.2, 0) is 6.54 Å². The molecule has 7 nitrogen and oxygen atoms in total. The number of pyridine rings is 1. The minimum atomic E-state index is -0.377. The van der Waals surface area contributed by atoms with Crippen LogP contribution in [0.15, 0.2) is 76.1 Å². The first-order valence-corrected chi connectivity index (χ1v) is 8.84. The summed E-state index contributed by atoms with van der Waals surface area (Å²) in [4.78, 5) is 26.6. The second-order valence-electron chi connectivity index (χ2n) is 6.01. The number of aromatic amines is 1. The van der Waals surface area contributed by atoms with Crippen molar-refractivity contribution >= 4 is 17.5 Å². The number of nitrogens with zero attached hydrogens (tertiary/aromatic N) is 2. The van der Waals surface area contributed by atoms with Gasteiger partial charge in [0.1, 0.15) is 5.69 Å². The number of carbonyl (C=O) groups excluding carboxylic acids is 1. The van der Waals surface area contributed by atoms with Crippen molar-refractivity contribution in [1.82, 2.24) is 20.1 Å². The van der Waals surface area contributed by atoms with Crippen molar-refractivity contribution in [3.63, 3.8) is 0 Å². The zero-order valence-corrected chi connectivity index (χ0v) is 15.3. The van der Waals surface area contributed by atoms with E-state index < -0.39 is 0 Å². The summed E-state index contributed by atoms with van der Waals surface area (Å²) >= 11 is 6.10. The minimum Gasteiger partial charge on any atom is -0.463 e. The molecule has 0 aliphatic rings. The van der Waals surface area contributed by atoms with Gasteiger partial charge in [0.05, 0.1) is 18.5 Å². The first-order valence-electron chi connectivity index (χ1n) is 8.46. The number of rotatable bonds is 5. The Kier molecular flexibility index (Phi) is 4.82. The maximum Gasteiger partial charge on any atom is 0.272 e. The lowest BCUT2D eigenvalue weighted by atomic mass is 10.2. The molecule has 28 heavy (non-hydrogen) atoms. The summed E-state index contributed by atoms with van der Waals surface area (Å²) in [6.45, 7) is 0.176. The van der Waals surface area contributed by atoms with Crippen molar-refractivity contribution in [2.75, 3.05) is 0 Å². The molecule has 140 valence electrons. The van der Waals surface area contributed by atoms with Crippen LogP contribution in [0.2, 0.25) is 5.02 Å². The Hall–Kier alpha value is -3.58. The summed E-state index contributed by atoms with van der Waals surface area (Å²) in [5.74, 6) is 0.192. The van der Waals surface area contributed by atoms with Gasteiger partial charge in [-0.15, -0.1) is 0 Å². The summed E-state index contributed by atoms with van der Waals surface area (Å²) in [7, 11) is 0. The molecule has 0 bridgehead atoms. The lowest BCUT2D eigenvalue weighted by Gasteiger charge is -2.06. The molecule has 0 aliphatic heterocycles. The number of benzene rings is 1. The maximum absolute atomic E-state index is 12.6. The Bertz CT molecular complexity index is 1180. The monoisotopic (exact) mass is 394 g/mol. The Morgan fingerprint density at radius 3 is 2.75 bits per heavy atom. The van der Waals surface area contributed by atoms with Crippen LogP contribution in [0.1, 0.15) is 16.2 Å². The van der Waals surface area contributed by atoms with Crippen LogP contribution in [0.25, 0.3) is 17.1 Å². The fourth-order valence-electron chi connectivity index (χ4n) is 2.76. The van der Waals surface area contributed by atoms with Gasteiger partial charge in [-0.1, -0.05) is 23.7 Å². The quantitative estimate of drug-likeness (QED) is 0.542. The number of H-pyrrole nitrogens is 1. The molecule has 1 amide bonds. The molecule has 2 N–H and O–H groups in total. The van der Waals surface area contributed by atoms with E-state index in [1.165, 1.54) is 6.07 Å². The van der Waals surface area contributed by atoms with E-state index in [9.17, 15) is 9.59 Å². The van der Waals surface area contributed by atoms with Crippen LogP contribution >= 0.6 is 11.6 Å². The average molecular weight is 395 g/mol. The first kappa shape index (κ1) is 17.8. The van der Waals surface area contributed by atoms with Crippen molar-refractivity contribution in [2.45, 2.75) is 6.54 Å². The third-order valence-corrected chi connectivity index (χ3v) is 4.27. The largest absolute Gasteiger partial charge is 0.463 e. The number of hydrogen-bond donors (Lipinski definition) is 2. The van der Waals surface area contributed by atoms with Gasteiger partial charge >= 0.3 is 0 Å². The van der Waals surface area contributed by atoms with E-state index in [4.69, 9.17) is 16.0 Å². The summed E-state index contributed by atoms with van der Waals surface area (Å²) in [6, 6.07) is 17.1. The number of amides is 1. The predicted octanol–water partition coefficient (Wildman–Crippen LogP) is 3.40. The van der Waals surface area contributed by atoms with Crippen molar-refractivity contribution in [3.05, 3.63) is 93.7 Å². The first-order chi connectivity index (χ1) is 13.6. The van der Waals surface area contributed by atoms with Crippen molar-refractivity contribution in [2.24, 2.45) is 0 Å². The van der Waals surface area contributed by atoms with Crippen LogP contribution in [0.5, 0.6) is 0 Å². The molecule has 0 aliphatic carbocycles. The number of furan rings is 1. The molecule has 8 heteroatoms. The third kappa shape index (κ3) is 3.74. The molecule has 0 spiro atoms. The topological polar surface area (TPSA) is 92.9 Å². The lowest BCUT2D eigenvalue weighted by Crippen LogP contribution is -2.25. The van der Waals surface area contributed by atoms with Gasteiger partial charge in [-0.3, -0.25) is 9.59 Å². The molecule has 0 unspecified atom stereocenters. The number of hydrogen-bond acceptors (Lipinski definition) is 4. The molecule has 0 saturated heterocycles. The van der Waals surface area contributed by atoms with E-state index in [1.54, 1.807) is 59.5 Å². The molecule has 0 saturated carbocycles. The van der Waals surface area contributed by atoms with E-state index in [0.29, 0.717) is 27.9 Å². The second kappa shape index (κ2) is 7.58. The van der Waals surface area contributed by atoms with Crippen molar-refractivity contribution < 1.29 is 9.21 Å². The standard InChI is InChI=1S/C20H15ClN4O3/c21-13-4-1-6-15(10-13)25-17(18-7-3-9-28-18)11-16(24-25)20(27)22-12-14-5-2-8-19(26)23-14/h1-11H,12H2,(H,22,27)(H,23,26). The highest BCUT2D eigenvalue weighted by molar-refractivity contribution is 6.30. The van der Waals surface area contributed by atoms with Gasteiger partial charge in [0.15, 0.2) is 11.5 Å². The molecule has 0 atom stereocenters. The van der Waals surface area contributed by atoms with E-state index in [-0.39, 0.29) is 23.7 Å². The maximum atomic E-state index is 12.6. The summed E-state index contributed by atoms with van der Waals surface area (Å²) in [5, 5.41) is 7.72. The Morgan fingerprint density at radius 1 is 1.14 bits per heavy atom. The molecule has 0 fully saturated rings. The van der Waals surface area contributed by atoms with Crippen LogP contribution in [0.4, 0.5) is 0 Å². The fraction of sp³-hybridized carbons (Fsp3) is 0.0500. The summed E-state index contributed by atoms with van der Waals surface area (Å²) in [5.41, 5.74) is 1.90. The van der Waals surface area contributed by atoms with E-state index >= 15 is 0 Å². The Balaban J connectivity index is 1.65. The van der Waals surface area contributed by atoms with E-state index in [1.807, 2.05) is 6.07 Å². The normalized spacial score (nSPS) is 10.8. The molecular formula is C20H15ClN4O3. The number of aromatic nitrogens is 3. The smallest absolute Gasteiger partial charge is 0.272 e. The zero-order valence-electron chi connectivity index (χ0n) is 14.6. The van der Waals surface area contributed by atoms with Gasteiger partial charge in [0.25, 0.3) is 5.91 Å². The minimum absolute atomic E-state index is 0.176. The highest BCUT2D eigenvalue weighted by Crippen LogP contribution is 2.25. The van der Waals surface area contributed by atoms with Crippen LogP contribution in [0, 0.1) is 0 Å². The number of halogens is 1. The van der Waals surface area contributed by atoms with E-state index in [0.717, 1.165) is 0 Å². The Labute approximate surface area is 164 Å². The Morgan fingerprint density at radius 2 is 2.00 bits per heavy atom. The zero-order chi connectivity index (χ0) is 19.5. The highest BCUT2D eigenvalue weighted by Gasteiger charge is 2.18. The summed E-state index contributed by atoms with van der Waals surface area (Å²) < 4.78 is 7.08. The number of nitrogens with one attached hydrogen (secondary N) is 2. The van der Waals surface area contributed by atoms with Crippen LogP contribution in [-0.4, -0.2) is 20.7 Å². The average Bonchev–Trinajstić information content (AvgIpc) is 3.36. The van der Waals surface area contributed by atoms with Gasteiger partial charge < -0.3 is 14.7 Å². The second-order valence-corrected chi connectivity index (χ2v) is 6.44. The molecule has 3 heterocycles. The van der Waals surface area contributed by atoms with E-state index in [2.05, 4.69) is 15.4 Å². The number of carbonyl (C=O) groups is 1. The van der Waals surface area contributed by atoms with Gasteiger partial charge in [0, 0.05) is 22.8 Å². The van der Waals surface area contributed by atoms with Gasteiger partial charge in [-0.2, -0.15) is 5.10 Å². The van der Waals surface area contributed by atoms with Gasteiger partial charge in [-0.25, -0.2) is 4.68 Å². The SMILES string of the molecule is O=C(NCc1cccc(=O)[nH]1)c1cc(-c2ccco2)n(-c2cccc(Cl)c2)n1.